The van der Waals surface area contributed by atoms with Gasteiger partial charge in [-0.15, -0.1) is 12.4 Å². The Bertz CT molecular complexity index is 605. The summed E-state index contributed by atoms with van der Waals surface area (Å²) in [6.45, 7) is 2.23. The SMILES string of the molecule is CNCC1CCCN1C(=O)c1cccc(NC(=O)C2CCCO2)c1.Cl. The van der Waals surface area contributed by atoms with Crippen molar-refractivity contribution in [2.75, 3.05) is 32.1 Å². The van der Waals surface area contributed by atoms with Gasteiger partial charge in [0.2, 0.25) is 0 Å². The third kappa shape index (κ3) is 4.71. The number of benzene rings is 1. The summed E-state index contributed by atoms with van der Waals surface area (Å²) in [4.78, 5) is 26.9. The van der Waals surface area contributed by atoms with E-state index in [0.29, 0.717) is 17.9 Å². The van der Waals surface area contributed by atoms with Crippen LogP contribution in [0.4, 0.5) is 5.69 Å². The van der Waals surface area contributed by atoms with E-state index in [0.717, 1.165) is 38.8 Å². The minimum Gasteiger partial charge on any atom is -0.368 e. The molecule has 2 heterocycles. The molecule has 7 heteroatoms. The number of hydrogen-bond acceptors (Lipinski definition) is 4. The van der Waals surface area contributed by atoms with Gasteiger partial charge in [0.05, 0.1) is 0 Å². The highest BCUT2D eigenvalue weighted by Gasteiger charge is 2.29. The van der Waals surface area contributed by atoms with E-state index in [1.54, 1.807) is 18.2 Å². The first-order valence-corrected chi connectivity index (χ1v) is 8.67. The van der Waals surface area contributed by atoms with Crippen molar-refractivity contribution in [2.24, 2.45) is 0 Å². The van der Waals surface area contributed by atoms with Crippen molar-refractivity contribution >= 4 is 29.9 Å². The van der Waals surface area contributed by atoms with Crippen molar-refractivity contribution in [3.8, 4) is 0 Å². The van der Waals surface area contributed by atoms with Gasteiger partial charge in [0.15, 0.2) is 0 Å². The van der Waals surface area contributed by atoms with E-state index in [9.17, 15) is 9.59 Å². The smallest absolute Gasteiger partial charge is 0.254 e. The summed E-state index contributed by atoms with van der Waals surface area (Å²) in [5.74, 6) is -0.104. The standard InChI is InChI=1S/C18H25N3O3.ClH/c1-19-12-15-7-3-9-21(15)18(23)13-5-2-6-14(11-13)20-17(22)16-8-4-10-24-16;/h2,5-6,11,15-16,19H,3-4,7-10,12H2,1H3,(H,20,22);1H. The predicted octanol–water partition coefficient (Wildman–Crippen LogP) is 2.05. The third-order valence-corrected chi connectivity index (χ3v) is 4.68. The number of halogens is 1. The van der Waals surface area contributed by atoms with Gasteiger partial charge in [-0.05, 0) is 50.9 Å². The Morgan fingerprint density at radius 3 is 2.84 bits per heavy atom. The minimum absolute atomic E-state index is 0. The van der Waals surface area contributed by atoms with Crippen LogP contribution in [0.3, 0.4) is 0 Å². The van der Waals surface area contributed by atoms with Gasteiger partial charge < -0.3 is 20.3 Å². The van der Waals surface area contributed by atoms with Gasteiger partial charge in [-0.1, -0.05) is 6.07 Å². The summed E-state index contributed by atoms with van der Waals surface area (Å²) < 4.78 is 5.39. The van der Waals surface area contributed by atoms with Gasteiger partial charge in [0.1, 0.15) is 6.10 Å². The number of carbonyl (C=O) groups is 2. The average Bonchev–Trinajstić information content (AvgIpc) is 3.26. The Kier molecular flexibility index (Phi) is 7.23. The van der Waals surface area contributed by atoms with Gasteiger partial charge in [-0.25, -0.2) is 0 Å². The molecule has 2 amide bonds. The third-order valence-electron chi connectivity index (χ3n) is 4.68. The van der Waals surface area contributed by atoms with E-state index < -0.39 is 0 Å². The Morgan fingerprint density at radius 1 is 1.28 bits per heavy atom. The van der Waals surface area contributed by atoms with E-state index in [1.807, 2.05) is 18.0 Å². The molecule has 1 aromatic rings. The molecule has 3 rings (SSSR count). The van der Waals surface area contributed by atoms with Crippen LogP contribution < -0.4 is 10.6 Å². The molecule has 2 aliphatic heterocycles. The first-order chi connectivity index (χ1) is 11.7. The number of likely N-dealkylation sites (N-methyl/N-ethyl adjacent to an activating group) is 1. The zero-order valence-electron chi connectivity index (χ0n) is 14.5. The summed E-state index contributed by atoms with van der Waals surface area (Å²) >= 11 is 0. The lowest BCUT2D eigenvalue weighted by Crippen LogP contribution is -2.40. The number of ether oxygens (including phenoxy) is 1. The van der Waals surface area contributed by atoms with Crippen LogP contribution in [0.1, 0.15) is 36.0 Å². The molecule has 138 valence electrons. The number of rotatable bonds is 5. The maximum absolute atomic E-state index is 12.8. The molecule has 0 bridgehead atoms. The number of nitrogens with zero attached hydrogens (tertiary/aromatic N) is 1. The van der Waals surface area contributed by atoms with Gasteiger partial charge in [0.25, 0.3) is 11.8 Å². The van der Waals surface area contributed by atoms with Crippen molar-refractivity contribution < 1.29 is 14.3 Å². The molecule has 2 N–H and O–H groups in total. The maximum Gasteiger partial charge on any atom is 0.254 e. The monoisotopic (exact) mass is 367 g/mol. The number of hydrogen-bond donors (Lipinski definition) is 2. The van der Waals surface area contributed by atoms with Gasteiger partial charge in [-0.2, -0.15) is 0 Å². The van der Waals surface area contributed by atoms with E-state index >= 15 is 0 Å². The lowest BCUT2D eigenvalue weighted by molar-refractivity contribution is -0.124. The second kappa shape index (κ2) is 9.17. The van der Waals surface area contributed by atoms with Crippen molar-refractivity contribution in [1.29, 1.82) is 0 Å². The van der Waals surface area contributed by atoms with E-state index in [4.69, 9.17) is 4.74 Å². The predicted molar refractivity (Wildman–Crippen MR) is 99.3 cm³/mol. The molecule has 0 aromatic heterocycles. The van der Waals surface area contributed by atoms with Crippen molar-refractivity contribution in [3.63, 3.8) is 0 Å². The fraction of sp³-hybridized carbons (Fsp3) is 0.556. The molecule has 25 heavy (non-hydrogen) atoms. The van der Waals surface area contributed by atoms with Crippen LogP contribution in [-0.4, -0.2) is 55.6 Å². The molecule has 2 atom stereocenters. The number of carbonyl (C=O) groups excluding carboxylic acids is 2. The summed E-state index contributed by atoms with van der Waals surface area (Å²) in [5.41, 5.74) is 1.26. The molecule has 6 nitrogen and oxygen atoms in total. The second-order valence-electron chi connectivity index (χ2n) is 6.42. The molecule has 2 fully saturated rings. The zero-order valence-corrected chi connectivity index (χ0v) is 15.3. The number of likely N-dealkylation sites (tertiary alicyclic amines) is 1. The van der Waals surface area contributed by atoms with Crippen LogP contribution >= 0.6 is 12.4 Å². The van der Waals surface area contributed by atoms with E-state index in [2.05, 4.69) is 10.6 Å². The highest BCUT2D eigenvalue weighted by Crippen LogP contribution is 2.22. The van der Waals surface area contributed by atoms with E-state index in [-0.39, 0.29) is 36.4 Å². The zero-order chi connectivity index (χ0) is 16.9. The molecule has 0 spiro atoms. The molecule has 2 aliphatic rings. The van der Waals surface area contributed by atoms with Crippen LogP contribution in [0, 0.1) is 0 Å². The second-order valence-corrected chi connectivity index (χ2v) is 6.42. The Hall–Kier alpha value is -1.63. The Morgan fingerprint density at radius 2 is 2.12 bits per heavy atom. The van der Waals surface area contributed by atoms with Crippen LogP contribution in [0.25, 0.3) is 0 Å². The average molecular weight is 368 g/mol. The Balaban J connectivity index is 0.00000225. The van der Waals surface area contributed by atoms with Crippen LogP contribution in [-0.2, 0) is 9.53 Å². The van der Waals surface area contributed by atoms with Crippen LogP contribution in [0.5, 0.6) is 0 Å². The summed E-state index contributed by atoms with van der Waals surface area (Å²) in [7, 11) is 1.90. The quantitative estimate of drug-likeness (QED) is 0.835. The molecule has 0 aliphatic carbocycles. The van der Waals surface area contributed by atoms with Crippen molar-refractivity contribution in [2.45, 2.75) is 37.8 Å². The van der Waals surface area contributed by atoms with Crippen molar-refractivity contribution in [1.82, 2.24) is 10.2 Å². The molecular formula is C18H26ClN3O3. The summed E-state index contributed by atoms with van der Waals surface area (Å²) in [6, 6.07) is 7.41. The summed E-state index contributed by atoms with van der Waals surface area (Å²) in [5, 5.41) is 6.01. The fourth-order valence-electron chi connectivity index (χ4n) is 3.45. The van der Waals surface area contributed by atoms with E-state index in [1.165, 1.54) is 0 Å². The molecule has 1 aromatic carbocycles. The van der Waals surface area contributed by atoms with Crippen LogP contribution in [0.15, 0.2) is 24.3 Å². The van der Waals surface area contributed by atoms with Crippen molar-refractivity contribution in [3.05, 3.63) is 29.8 Å². The lowest BCUT2D eigenvalue weighted by atomic mass is 10.1. The fourth-order valence-corrected chi connectivity index (χ4v) is 3.45. The first-order valence-electron chi connectivity index (χ1n) is 8.67. The van der Waals surface area contributed by atoms with Gasteiger partial charge in [-0.3, -0.25) is 9.59 Å². The molecule has 0 saturated carbocycles. The Labute approximate surface area is 154 Å². The largest absolute Gasteiger partial charge is 0.368 e. The summed E-state index contributed by atoms with van der Waals surface area (Å²) in [6.07, 6.45) is 3.36. The maximum atomic E-state index is 12.8. The molecular weight excluding hydrogens is 342 g/mol. The number of anilines is 1. The number of nitrogens with one attached hydrogen (secondary N) is 2. The molecule has 2 saturated heterocycles. The van der Waals surface area contributed by atoms with Gasteiger partial charge >= 0.3 is 0 Å². The highest BCUT2D eigenvalue weighted by molar-refractivity contribution is 5.98. The molecule has 2 unspecified atom stereocenters. The first kappa shape index (κ1) is 19.7. The normalized spacial score (nSPS) is 22.5. The molecule has 0 radical (unpaired) electrons. The minimum atomic E-state index is -0.372. The highest BCUT2D eigenvalue weighted by atomic mass is 35.5. The van der Waals surface area contributed by atoms with Gasteiger partial charge in [0, 0.05) is 37.0 Å². The topological polar surface area (TPSA) is 70.7 Å². The number of amides is 2. The lowest BCUT2D eigenvalue weighted by Gasteiger charge is -2.24. The van der Waals surface area contributed by atoms with Crippen LogP contribution in [0.2, 0.25) is 0 Å².